The molecule has 0 unspecified atom stereocenters. The lowest BCUT2D eigenvalue weighted by molar-refractivity contribution is 0.301. The van der Waals surface area contributed by atoms with Crippen LogP contribution in [0.4, 0.5) is 5.69 Å². The van der Waals surface area contributed by atoms with Gasteiger partial charge in [0, 0.05) is 17.6 Å². The third kappa shape index (κ3) is 2.00. The molecule has 2 nitrogen and oxygen atoms in total. The number of anilines is 1. The molecule has 82 valence electrons. The molecule has 2 rings (SSSR count). The van der Waals surface area contributed by atoms with Crippen LogP contribution in [0.1, 0.15) is 37.7 Å². The van der Waals surface area contributed by atoms with E-state index in [1.807, 2.05) is 12.1 Å². The molecule has 0 aromatic heterocycles. The van der Waals surface area contributed by atoms with Crippen molar-refractivity contribution in [3.8, 4) is 0 Å². The van der Waals surface area contributed by atoms with Crippen LogP contribution >= 0.6 is 0 Å². The van der Waals surface area contributed by atoms with Gasteiger partial charge in [0.1, 0.15) is 0 Å². The quantitative estimate of drug-likeness (QED) is 0.727. The number of nitrogens with two attached hydrogens (primary N) is 2. The minimum atomic E-state index is 0.202. The first-order valence-electron chi connectivity index (χ1n) is 5.83. The summed E-state index contributed by atoms with van der Waals surface area (Å²) in [6.07, 6.45) is 6.38. The third-order valence-electron chi connectivity index (χ3n) is 3.70. The third-order valence-corrected chi connectivity index (χ3v) is 3.70. The second kappa shape index (κ2) is 4.23. The topological polar surface area (TPSA) is 52.0 Å². The average molecular weight is 204 g/mol. The van der Waals surface area contributed by atoms with Gasteiger partial charge in [-0.25, -0.2) is 0 Å². The molecule has 15 heavy (non-hydrogen) atoms. The van der Waals surface area contributed by atoms with Crippen molar-refractivity contribution in [1.82, 2.24) is 0 Å². The molecule has 1 aromatic rings. The highest BCUT2D eigenvalue weighted by atomic mass is 14.6. The van der Waals surface area contributed by atoms with E-state index in [4.69, 9.17) is 11.5 Å². The van der Waals surface area contributed by atoms with Gasteiger partial charge in [-0.2, -0.15) is 0 Å². The van der Waals surface area contributed by atoms with E-state index in [-0.39, 0.29) is 5.41 Å². The highest BCUT2D eigenvalue weighted by molar-refractivity contribution is 5.43. The standard InChI is InChI=1S/C13H20N2/c14-10-13(7-2-1-3-8-13)11-5-4-6-12(15)9-11/h4-6,9H,1-3,7-8,10,14-15H2. The van der Waals surface area contributed by atoms with Gasteiger partial charge >= 0.3 is 0 Å². The summed E-state index contributed by atoms with van der Waals surface area (Å²) >= 11 is 0. The van der Waals surface area contributed by atoms with E-state index in [1.54, 1.807) is 0 Å². The van der Waals surface area contributed by atoms with E-state index in [0.717, 1.165) is 12.2 Å². The summed E-state index contributed by atoms with van der Waals surface area (Å²) in [5, 5.41) is 0. The van der Waals surface area contributed by atoms with Crippen molar-refractivity contribution in [3.63, 3.8) is 0 Å². The van der Waals surface area contributed by atoms with Crippen molar-refractivity contribution in [3.05, 3.63) is 29.8 Å². The van der Waals surface area contributed by atoms with Gasteiger partial charge in [-0.3, -0.25) is 0 Å². The zero-order valence-electron chi connectivity index (χ0n) is 9.21. The summed E-state index contributed by atoms with van der Waals surface area (Å²) in [5.41, 5.74) is 14.2. The van der Waals surface area contributed by atoms with Gasteiger partial charge in [-0.05, 0) is 30.5 Å². The van der Waals surface area contributed by atoms with Gasteiger partial charge in [0.2, 0.25) is 0 Å². The highest BCUT2D eigenvalue weighted by Crippen LogP contribution is 2.38. The normalized spacial score (nSPS) is 20.1. The molecule has 1 saturated carbocycles. The maximum Gasteiger partial charge on any atom is 0.0316 e. The first-order chi connectivity index (χ1) is 7.27. The van der Waals surface area contributed by atoms with E-state index in [1.165, 1.54) is 37.7 Å². The molecule has 4 N–H and O–H groups in total. The number of rotatable bonds is 2. The van der Waals surface area contributed by atoms with Crippen LogP contribution in [0.15, 0.2) is 24.3 Å². The molecular formula is C13H20N2. The zero-order chi connectivity index (χ0) is 10.7. The van der Waals surface area contributed by atoms with Crippen molar-refractivity contribution < 1.29 is 0 Å². The number of hydrogen-bond donors (Lipinski definition) is 2. The fourth-order valence-corrected chi connectivity index (χ4v) is 2.71. The van der Waals surface area contributed by atoms with Crippen LogP contribution < -0.4 is 11.5 Å². The van der Waals surface area contributed by atoms with Crippen LogP contribution in [0, 0.1) is 0 Å². The smallest absolute Gasteiger partial charge is 0.0316 e. The Labute approximate surface area is 91.7 Å². The zero-order valence-corrected chi connectivity index (χ0v) is 9.21. The Morgan fingerprint density at radius 3 is 2.47 bits per heavy atom. The van der Waals surface area contributed by atoms with E-state index in [2.05, 4.69) is 12.1 Å². The molecule has 0 spiro atoms. The van der Waals surface area contributed by atoms with Gasteiger partial charge in [-0.15, -0.1) is 0 Å². The van der Waals surface area contributed by atoms with Gasteiger partial charge in [0.15, 0.2) is 0 Å². The first-order valence-corrected chi connectivity index (χ1v) is 5.83. The summed E-state index contributed by atoms with van der Waals surface area (Å²) in [5.74, 6) is 0. The van der Waals surface area contributed by atoms with Crippen LogP contribution in [0.2, 0.25) is 0 Å². The summed E-state index contributed by atoms with van der Waals surface area (Å²) in [7, 11) is 0. The van der Waals surface area contributed by atoms with Crippen molar-refractivity contribution in [1.29, 1.82) is 0 Å². The van der Waals surface area contributed by atoms with Crippen LogP contribution in [-0.2, 0) is 5.41 Å². The second-order valence-electron chi connectivity index (χ2n) is 4.67. The molecule has 0 radical (unpaired) electrons. The number of nitrogen functional groups attached to an aromatic ring is 1. The molecule has 0 amide bonds. The summed E-state index contributed by atoms with van der Waals surface area (Å²) in [6, 6.07) is 8.25. The van der Waals surface area contributed by atoms with Crippen LogP contribution in [0.25, 0.3) is 0 Å². The lowest BCUT2D eigenvalue weighted by Crippen LogP contribution is -2.37. The van der Waals surface area contributed by atoms with E-state index < -0.39 is 0 Å². The molecule has 1 fully saturated rings. The number of benzene rings is 1. The molecular weight excluding hydrogens is 184 g/mol. The first kappa shape index (κ1) is 10.5. The SMILES string of the molecule is NCC1(c2cccc(N)c2)CCCCC1. The summed E-state index contributed by atoms with van der Waals surface area (Å²) in [6.45, 7) is 0.746. The fourth-order valence-electron chi connectivity index (χ4n) is 2.71. The fraction of sp³-hybridized carbons (Fsp3) is 0.538. The Bertz CT molecular complexity index is 327. The minimum Gasteiger partial charge on any atom is -0.399 e. The Morgan fingerprint density at radius 1 is 1.13 bits per heavy atom. The second-order valence-corrected chi connectivity index (χ2v) is 4.67. The van der Waals surface area contributed by atoms with Crippen molar-refractivity contribution in [2.75, 3.05) is 12.3 Å². The molecule has 0 aliphatic heterocycles. The molecule has 0 bridgehead atoms. The highest BCUT2D eigenvalue weighted by Gasteiger charge is 2.32. The van der Waals surface area contributed by atoms with E-state index >= 15 is 0 Å². The van der Waals surface area contributed by atoms with Crippen LogP contribution in [0.3, 0.4) is 0 Å². The predicted octanol–water partition coefficient (Wildman–Crippen LogP) is 2.43. The maximum atomic E-state index is 5.98. The molecule has 0 atom stereocenters. The van der Waals surface area contributed by atoms with Gasteiger partial charge in [-0.1, -0.05) is 31.4 Å². The van der Waals surface area contributed by atoms with Crippen molar-refractivity contribution in [2.24, 2.45) is 5.73 Å². The monoisotopic (exact) mass is 204 g/mol. The lowest BCUT2D eigenvalue weighted by Gasteiger charge is -2.37. The molecule has 1 aliphatic rings. The van der Waals surface area contributed by atoms with Gasteiger partial charge in [0.25, 0.3) is 0 Å². The molecule has 1 aliphatic carbocycles. The van der Waals surface area contributed by atoms with Gasteiger partial charge in [0.05, 0.1) is 0 Å². The summed E-state index contributed by atoms with van der Waals surface area (Å²) in [4.78, 5) is 0. The maximum absolute atomic E-state index is 5.98. The minimum absolute atomic E-state index is 0.202. The Kier molecular flexibility index (Phi) is 2.96. The Hall–Kier alpha value is -1.02. The van der Waals surface area contributed by atoms with Crippen LogP contribution in [0.5, 0.6) is 0 Å². The predicted molar refractivity (Wildman–Crippen MR) is 64.7 cm³/mol. The van der Waals surface area contributed by atoms with Crippen LogP contribution in [-0.4, -0.2) is 6.54 Å². The Morgan fingerprint density at radius 2 is 1.87 bits per heavy atom. The summed E-state index contributed by atoms with van der Waals surface area (Å²) < 4.78 is 0. The lowest BCUT2D eigenvalue weighted by atomic mass is 9.69. The van der Waals surface area contributed by atoms with Gasteiger partial charge < -0.3 is 11.5 Å². The molecule has 2 heteroatoms. The van der Waals surface area contributed by atoms with Crippen molar-refractivity contribution in [2.45, 2.75) is 37.5 Å². The average Bonchev–Trinajstić information content (AvgIpc) is 2.30. The van der Waals surface area contributed by atoms with E-state index in [0.29, 0.717) is 0 Å². The molecule has 0 heterocycles. The van der Waals surface area contributed by atoms with E-state index in [9.17, 15) is 0 Å². The Balaban J connectivity index is 2.32. The largest absolute Gasteiger partial charge is 0.399 e. The number of hydrogen-bond acceptors (Lipinski definition) is 2. The van der Waals surface area contributed by atoms with Crippen molar-refractivity contribution >= 4 is 5.69 Å². The molecule has 1 aromatic carbocycles. The molecule has 0 saturated heterocycles.